The lowest BCUT2D eigenvalue weighted by atomic mass is 10.1. The van der Waals surface area contributed by atoms with Crippen LogP contribution in [0.3, 0.4) is 0 Å². The predicted molar refractivity (Wildman–Crippen MR) is 96.9 cm³/mol. The van der Waals surface area contributed by atoms with Crippen molar-refractivity contribution in [1.82, 2.24) is 9.78 Å². The van der Waals surface area contributed by atoms with Gasteiger partial charge in [0.15, 0.2) is 0 Å². The van der Waals surface area contributed by atoms with Crippen LogP contribution in [0.2, 0.25) is 0 Å². The fraction of sp³-hybridized carbons (Fsp3) is 0.316. The lowest BCUT2D eigenvalue weighted by Crippen LogP contribution is -2.15. The zero-order valence-corrected chi connectivity index (χ0v) is 15.1. The summed E-state index contributed by atoms with van der Waals surface area (Å²) in [4.78, 5) is 23.3. The third-order valence-electron chi connectivity index (χ3n) is 3.56. The lowest BCUT2D eigenvalue weighted by molar-refractivity contribution is -0.137. The maximum Gasteiger partial charge on any atom is 0.325 e. The number of aryl methyl sites for hydroxylation is 1. The molecule has 0 aliphatic carbocycles. The van der Waals surface area contributed by atoms with Gasteiger partial charge in [0.05, 0.1) is 17.1 Å². The molecule has 0 atom stereocenters. The van der Waals surface area contributed by atoms with Gasteiger partial charge in [-0.15, -0.1) is 0 Å². The van der Waals surface area contributed by atoms with E-state index < -0.39 is 11.6 Å². The zero-order chi connectivity index (χ0) is 19.5. The summed E-state index contributed by atoms with van der Waals surface area (Å²) in [5.41, 5.74) is 1.66. The Bertz CT molecular complexity index is 894. The van der Waals surface area contributed by atoms with E-state index in [1.54, 1.807) is 52.0 Å². The first-order valence-electron chi connectivity index (χ1n) is 7.99. The molecule has 136 valence electrons. The molecule has 2 rings (SSSR count). The Morgan fingerprint density at radius 1 is 1.23 bits per heavy atom. The van der Waals surface area contributed by atoms with Crippen LogP contribution in [0.4, 0.5) is 5.69 Å². The summed E-state index contributed by atoms with van der Waals surface area (Å²) < 4.78 is 1.34. The minimum Gasteiger partial charge on any atom is -0.480 e. The minimum absolute atomic E-state index is 0.267. The Balaban J connectivity index is 2.16. The maximum absolute atomic E-state index is 12.4. The number of anilines is 1. The summed E-state index contributed by atoms with van der Waals surface area (Å²) in [6, 6.07) is 6.66. The Labute approximate surface area is 151 Å². The smallest absolute Gasteiger partial charge is 0.325 e. The van der Waals surface area contributed by atoms with Crippen LogP contribution in [0.5, 0.6) is 0 Å². The van der Waals surface area contributed by atoms with Gasteiger partial charge in [0.25, 0.3) is 5.91 Å². The van der Waals surface area contributed by atoms with E-state index in [-0.39, 0.29) is 12.5 Å². The number of aliphatic hydroxyl groups is 1. The number of carboxylic acids is 1. The van der Waals surface area contributed by atoms with Crippen LogP contribution < -0.4 is 5.32 Å². The molecule has 0 aliphatic heterocycles. The van der Waals surface area contributed by atoms with E-state index in [2.05, 4.69) is 22.3 Å². The fourth-order valence-corrected chi connectivity index (χ4v) is 2.28. The molecule has 0 unspecified atom stereocenters. The number of carboxylic acid groups (broad SMARTS) is 1. The molecule has 7 nitrogen and oxygen atoms in total. The van der Waals surface area contributed by atoms with E-state index >= 15 is 0 Å². The first-order chi connectivity index (χ1) is 12.1. The Kier molecular flexibility index (Phi) is 5.48. The molecule has 1 aromatic carbocycles. The lowest BCUT2D eigenvalue weighted by Gasteiger charge is -2.07. The molecule has 0 saturated carbocycles. The number of nitrogens with zero attached hydrogens (tertiary/aromatic N) is 2. The number of carbonyl (C=O) groups excluding carboxylic acids is 1. The Hall–Kier alpha value is -3.11. The fourth-order valence-electron chi connectivity index (χ4n) is 2.28. The number of hydrogen-bond acceptors (Lipinski definition) is 4. The highest BCUT2D eigenvalue weighted by Gasteiger charge is 2.16. The summed E-state index contributed by atoms with van der Waals surface area (Å²) in [6.45, 7) is 6.33. The van der Waals surface area contributed by atoms with Gasteiger partial charge in [-0.2, -0.15) is 5.10 Å². The number of rotatable bonds is 4. The van der Waals surface area contributed by atoms with Crippen LogP contribution in [-0.4, -0.2) is 37.5 Å². The average Bonchev–Trinajstić information content (AvgIpc) is 2.79. The summed E-state index contributed by atoms with van der Waals surface area (Å²) >= 11 is 0. The zero-order valence-electron chi connectivity index (χ0n) is 15.1. The van der Waals surface area contributed by atoms with Crippen LogP contribution in [-0.2, 0) is 11.3 Å². The normalized spacial score (nSPS) is 10.8. The number of aromatic nitrogens is 2. The summed E-state index contributed by atoms with van der Waals surface area (Å²) in [7, 11) is 0. The predicted octanol–water partition coefficient (Wildman–Crippen LogP) is 1.96. The SMILES string of the molecule is Cc1nn(CC(=O)O)c(C)c1NC(=O)c1ccc(C#CC(C)(C)O)cc1. The number of aliphatic carboxylic acids is 1. The van der Waals surface area contributed by atoms with E-state index in [0.717, 1.165) is 0 Å². The third-order valence-corrected chi connectivity index (χ3v) is 3.56. The average molecular weight is 355 g/mol. The van der Waals surface area contributed by atoms with Gasteiger partial charge in [0.1, 0.15) is 12.1 Å². The van der Waals surface area contributed by atoms with E-state index in [4.69, 9.17) is 5.11 Å². The first-order valence-corrected chi connectivity index (χ1v) is 7.99. The van der Waals surface area contributed by atoms with Gasteiger partial charge in [-0.1, -0.05) is 11.8 Å². The van der Waals surface area contributed by atoms with Crippen LogP contribution in [0.1, 0.15) is 41.2 Å². The standard InChI is InChI=1S/C19H21N3O4/c1-12-17(13(2)22(21-12)11-16(23)24)20-18(25)15-7-5-14(6-8-15)9-10-19(3,4)26/h5-8,26H,11H2,1-4H3,(H,20,25)(H,23,24). The molecule has 2 aromatic rings. The molecule has 0 saturated heterocycles. The Morgan fingerprint density at radius 2 is 1.85 bits per heavy atom. The van der Waals surface area contributed by atoms with Gasteiger partial charge in [-0.05, 0) is 52.0 Å². The van der Waals surface area contributed by atoms with Gasteiger partial charge < -0.3 is 15.5 Å². The molecule has 1 heterocycles. The topological polar surface area (TPSA) is 104 Å². The molecular formula is C19H21N3O4. The highest BCUT2D eigenvalue weighted by atomic mass is 16.4. The van der Waals surface area contributed by atoms with Gasteiger partial charge in [-0.3, -0.25) is 14.3 Å². The molecule has 0 fully saturated rings. The van der Waals surface area contributed by atoms with E-state index in [0.29, 0.717) is 28.2 Å². The van der Waals surface area contributed by atoms with Crippen molar-refractivity contribution in [2.24, 2.45) is 0 Å². The molecular weight excluding hydrogens is 334 g/mol. The molecule has 3 N–H and O–H groups in total. The van der Waals surface area contributed by atoms with Crippen LogP contribution >= 0.6 is 0 Å². The molecule has 0 radical (unpaired) electrons. The van der Waals surface area contributed by atoms with Gasteiger partial charge in [0.2, 0.25) is 0 Å². The summed E-state index contributed by atoms with van der Waals surface area (Å²) in [5.74, 6) is 4.22. The van der Waals surface area contributed by atoms with Crippen molar-refractivity contribution in [3.8, 4) is 11.8 Å². The van der Waals surface area contributed by atoms with Crippen molar-refractivity contribution in [3.63, 3.8) is 0 Å². The maximum atomic E-state index is 12.4. The van der Waals surface area contributed by atoms with E-state index in [1.165, 1.54) is 4.68 Å². The van der Waals surface area contributed by atoms with Crippen LogP contribution in [0.25, 0.3) is 0 Å². The number of hydrogen-bond donors (Lipinski definition) is 3. The molecule has 7 heteroatoms. The molecule has 0 spiro atoms. The second kappa shape index (κ2) is 7.42. The quantitative estimate of drug-likeness (QED) is 0.727. The Morgan fingerprint density at radius 3 is 2.38 bits per heavy atom. The van der Waals surface area contributed by atoms with Crippen LogP contribution in [0.15, 0.2) is 24.3 Å². The van der Waals surface area contributed by atoms with Crippen molar-refractivity contribution >= 4 is 17.6 Å². The van der Waals surface area contributed by atoms with Crippen LogP contribution in [0, 0.1) is 25.7 Å². The molecule has 1 aromatic heterocycles. The second-order valence-corrected chi connectivity index (χ2v) is 6.44. The van der Waals surface area contributed by atoms with Crippen molar-refractivity contribution in [1.29, 1.82) is 0 Å². The number of nitrogens with one attached hydrogen (secondary N) is 1. The van der Waals surface area contributed by atoms with Gasteiger partial charge in [0, 0.05) is 11.1 Å². The molecule has 0 aliphatic rings. The van der Waals surface area contributed by atoms with Gasteiger partial charge >= 0.3 is 5.97 Å². The minimum atomic E-state index is -1.08. The third kappa shape index (κ3) is 4.94. The highest BCUT2D eigenvalue weighted by molar-refractivity contribution is 6.04. The van der Waals surface area contributed by atoms with Crippen molar-refractivity contribution < 1.29 is 19.8 Å². The number of carbonyl (C=O) groups is 2. The summed E-state index contributed by atoms with van der Waals surface area (Å²) in [6.07, 6.45) is 0. The monoisotopic (exact) mass is 355 g/mol. The van der Waals surface area contributed by atoms with Crippen molar-refractivity contribution in [3.05, 3.63) is 46.8 Å². The highest BCUT2D eigenvalue weighted by Crippen LogP contribution is 2.20. The van der Waals surface area contributed by atoms with Crippen molar-refractivity contribution in [2.45, 2.75) is 39.8 Å². The first kappa shape index (κ1) is 19.2. The van der Waals surface area contributed by atoms with Gasteiger partial charge in [-0.25, -0.2) is 0 Å². The largest absolute Gasteiger partial charge is 0.480 e. The number of benzene rings is 1. The van der Waals surface area contributed by atoms with Crippen molar-refractivity contribution in [2.75, 3.05) is 5.32 Å². The summed E-state index contributed by atoms with van der Waals surface area (Å²) in [5, 5.41) is 25.4. The molecule has 26 heavy (non-hydrogen) atoms. The number of amides is 1. The van der Waals surface area contributed by atoms with E-state index in [1.807, 2.05) is 0 Å². The molecule has 0 bridgehead atoms. The second-order valence-electron chi connectivity index (χ2n) is 6.44. The van der Waals surface area contributed by atoms with E-state index in [9.17, 15) is 14.7 Å². The molecule has 1 amide bonds.